The van der Waals surface area contributed by atoms with Gasteiger partial charge in [-0.2, -0.15) is 0 Å². The number of benzene rings is 2. The van der Waals surface area contributed by atoms with Crippen molar-refractivity contribution in [1.29, 1.82) is 0 Å². The molecule has 1 saturated heterocycles. The standard InChI is InChI=1S/C18H13BrF3NO4S/c19-12-5-6-13-16(26-9-25-13)15(12)17-23(14(24)8-28-17)7-10-1-3-11(4-2-10)27-18(20,21)22/h1-6,17H,7-9H2. The lowest BCUT2D eigenvalue weighted by atomic mass is 10.1. The van der Waals surface area contributed by atoms with Gasteiger partial charge in [-0.15, -0.1) is 24.9 Å². The molecule has 0 aliphatic carbocycles. The van der Waals surface area contributed by atoms with Crippen LogP contribution >= 0.6 is 27.7 Å². The summed E-state index contributed by atoms with van der Waals surface area (Å²) < 4.78 is 52.6. The number of alkyl halides is 3. The normalized spacial score (nSPS) is 18.6. The molecule has 0 radical (unpaired) electrons. The van der Waals surface area contributed by atoms with Gasteiger partial charge in [-0.1, -0.05) is 28.1 Å². The molecule has 4 rings (SSSR count). The van der Waals surface area contributed by atoms with Crippen LogP contribution in [0, 0.1) is 0 Å². The maximum atomic E-state index is 12.5. The van der Waals surface area contributed by atoms with E-state index >= 15 is 0 Å². The number of fused-ring (bicyclic) bond motifs is 1. The molecule has 148 valence electrons. The van der Waals surface area contributed by atoms with Gasteiger partial charge in [0.15, 0.2) is 11.5 Å². The molecule has 2 aliphatic rings. The molecule has 2 aromatic rings. The van der Waals surface area contributed by atoms with E-state index in [4.69, 9.17) is 9.47 Å². The van der Waals surface area contributed by atoms with Crippen LogP contribution in [0.4, 0.5) is 13.2 Å². The minimum atomic E-state index is -4.74. The van der Waals surface area contributed by atoms with Gasteiger partial charge >= 0.3 is 6.36 Å². The molecule has 2 heterocycles. The quantitative estimate of drug-likeness (QED) is 0.632. The molecule has 1 fully saturated rings. The van der Waals surface area contributed by atoms with E-state index in [0.29, 0.717) is 22.8 Å². The molecule has 0 saturated carbocycles. The summed E-state index contributed by atoms with van der Waals surface area (Å²) in [6.07, 6.45) is -4.74. The second-order valence-corrected chi connectivity index (χ2v) is 7.99. The Morgan fingerprint density at radius 1 is 1.18 bits per heavy atom. The molecule has 1 unspecified atom stereocenters. The van der Waals surface area contributed by atoms with Gasteiger partial charge in [-0.3, -0.25) is 4.79 Å². The highest BCUT2D eigenvalue weighted by Gasteiger charge is 2.38. The molecular formula is C18H13BrF3NO4S. The van der Waals surface area contributed by atoms with Crippen LogP contribution in [0.25, 0.3) is 0 Å². The van der Waals surface area contributed by atoms with Gasteiger partial charge in [0.25, 0.3) is 0 Å². The van der Waals surface area contributed by atoms with E-state index in [9.17, 15) is 18.0 Å². The average molecular weight is 476 g/mol. The molecule has 2 aromatic carbocycles. The predicted molar refractivity (Wildman–Crippen MR) is 99.1 cm³/mol. The number of ether oxygens (including phenoxy) is 3. The van der Waals surface area contributed by atoms with Crippen LogP contribution in [0.1, 0.15) is 16.5 Å². The fraction of sp³-hybridized carbons (Fsp3) is 0.278. The van der Waals surface area contributed by atoms with E-state index in [0.717, 1.165) is 10.0 Å². The van der Waals surface area contributed by atoms with Crippen LogP contribution in [0.15, 0.2) is 40.9 Å². The highest BCUT2D eigenvalue weighted by molar-refractivity contribution is 9.10. The summed E-state index contributed by atoms with van der Waals surface area (Å²) in [6.45, 7) is 0.366. The first-order valence-electron chi connectivity index (χ1n) is 8.15. The van der Waals surface area contributed by atoms with Crippen molar-refractivity contribution in [2.45, 2.75) is 18.3 Å². The Kier molecular flexibility index (Phi) is 5.09. The van der Waals surface area contributed by atoms with E-state index < -0.39 is 6.36 Å². The van der Waals surface area contributed by atoms with Crippen molar-refractivity contribution in [3.8, 4) is 17.2 Å². The molecule has 0 bridgehead atoms. The molecule has 5 nitrogen and oxygen atoms in total. The Balaban J connectivity index is 1.57. The van der Waals surface area contributed by atoms with Crippen molar-refractivity contribution < 1.29 is 32.2 Å². The van der Waals surface area contributed by atoms with Crippen molar-refractivity contribution in [2.75, 3.05) is 12.5 Å². The Morgan fingerprint density at radius 3 is 2.64 bits per heavy atom. The Bertz CT molecular complexity index is 907. The van der Waals surface area contributed by atoms with Gasteiger partial charge in [-0.25, -0.2) is 0 Å². The molecule has 1 atom stereocenters. The lowest BCUT2D eigenvalue weighted by Crippen LogP contribution is -2.28. The van der Waals surface area contributed by atoms with Gasteiger partial charge < -0.3 is 19.1 Å². The second kappa shape index (κ2) is 7.40. The molecule has 0 N–H and O–H groups in total. The number of hydrogen-bond donors (Lipinski definition) is 0. The molecule has 1 amide bonds. The van der Waals surface area contributed by atoms with Crippen molar-refractivity contribution in [2.24, 2.45) is 0 Å². The summed E-state index contributed by atoms with van der Waals surface area (Å²) in [5.41, 5.74) is 1.50. The summed E-state index contributed by atoms with van der Waals surface area (Å²) in [6, 6.07) is 9.13. The Labute approximate surface area is 170 Å². The number of halogens is 4. The highest BCUT2D eigenvalue weighted by Crippen LogP contribution is 2.50. The van der Waals surface area contributed by atoms with Crippen molar-refractivity contribution in [1.82, 2.24) is 4.90 Å². The van der Waals surface area contributed by atoms with Gasteiger partial charge in [-0.05, 0) is 29.8 Å². The van der Waals surface area contributed by atoms with Gasteiger partial charge in [0.05, 0.1) is 5.75 Å². The summed E-state index contributed by atoms with van der Waals surface area (Å²) >= 11 is 4.98. The minimum Gasteiger partial charge on any atom is -0.454 e. The fourth-order valence-corrected chi connectivity index (χ4v) is 4.98. The van der Waals surface area contributed by atoms with Crippen molar-refractivity contribution in [3.63, 3.8) is 0 Å². The summed E-state index contributed by atoms with van der Waals surface area (Å²) in [5, 5.41) is -0.301. The predicted octanol–water partition coefficient (Wildman–Crippen LogP) is 4.85. The van der Waals surface area contributed by atoms with E-state index in [2.05, 4.69) is 20.7 Å². The van der Waals surface area contributed by atoms with E-state index in [1.54, 1.807) is 11.0 Å². The van der Waals surface area contributed by atoms with Gasteiger partial charge in [0.1, 0.15) is 11.1 Å². The largest absolute Gasteiger partial charge is 0.573 e. The van der Waals surface area contributed by atoms with Gasteiger partial charge in [0.2, 0.25) is 12.7 Å². The van der Waals surface area contributed by atoms with Crippen LogP contribution in [-0.4, -0.2) is 29.7 Å². The third kappa shape index (κ3) is 3.88. The number of carbonyl (C=O) groups excluding carboxylic acids is 1. The minimum absolute atomic E-state index is 0.0611. The first-order chi connectivity index (χ1) is 13.3. The van der Waals surface area contributed by atoms with Crippen molar-refractivity contribution >= 4 is 33.6 Å². The molecule has 2 aliphatic heterocycles. The van der Waals surface area contributed by atoms with Crippen LogP contribution in [0.5, 0.6) is 17.2 Å². The maximum Gasteiger partial charge on any atom is 0.573 e. The van der Waals surface area contributed by atoms with Crippen LogP contribution in [-0.2, 0) is 11.3 Å². The van der Waals surface area contributed by atoms with Crippen LogP contribution in [0.3, 0.4) is 0 Å². The number of carbonyl (C=O) groups is 1. The monoisotopic (exact) mass is 475 g/mol. The maximum absolute atomic E-state index is 12.5. The third-order valence-electron chi connectivity index (χ3n) is 4.25. The average Bonchev–Trinajstić information content (AvgIpc) is 3.23. The number of rotatable bonds is 4. The molecule has 0 spiro atoms. The zero-order chi connectivity index (χ0) is 19.9. The molecular weight excluding hydrogens is 463 g/mol. The lowest BCUT2D eigenvalue weighted by Gasteiger charge is -2.26. The number of amides is 1. The van der Waals surface area contributed by atoms with Crippen LogP contribution in [0.2, 0.25) is 0 Å². The Hall–Kier alpha value is -2.07. The number of nitrogens with zero attached hydrogens (tertiary/aromatic N) is 1. The fourth-order valence-electron chi connectivity index (χ4n) is 3.06. The van der Waals surface area contributed by atoms with Crippen LogP contribution < -0.4 is 14.2 Å². The zero-order valence-electron chi connectivity index (χ0n) is 14.2. The third-order valence-corrected chi connectivity index (χ3v) is 6.16. The first kappa shape index (κ1) is 19.3. The van der Waals surface area contributed by atoms with E-state index in [1.807, 2.05) is 6.07 Å². The topological polar surface area (TPSA) is 48.0 Å². The lowest BCUT2D eigenvalue weighted by molar-refractivity contribution is -0.274. The van der Waals surface area contributed by atoms with E-state index in [1.165, 1.54) is 36.0 Å². The summed E-state index contributed by atoms with van der Waals surface area (Å²) in [5.74, 6) is 1.15. The number of thioether (sulfide) groups is 1. The molecule has 28 heavy (non-hydrogen) atoms. The van der Waals surface area contributed by atoms with Crippen molar-refractivity contribution in [3.05, 3.63) is 52.0 Å². The summed E-state index contributed by atoms with van der Waals surface area (Å²) in [4.78, 5) is 14.1. The highest BCUT2D eigenvalue weighted by atomic mass is 79.9. The zero-order valence-corrected chi connectivity index (χ0v) is 16.6. The molecule has 10 heteroatoms. The molecule has 0 aromatic heterocycles. The van der Waals surface area contributed by atoms with E-state index in [-0.39, 0.29) is 30.4 Å². The van der Waals surface area contributed by atoms with Gasteiger partial charge in [0, 0.05) is 16.6 Å². The Morgan fingerprint density at radius 2 is 1.93 bits per heavy atom. The first-order valence-corrected chi connectivity index (χ1v) is 10.00. The summed E-state index contributed by atoms with van der Waals surface area (Å²) in [7, 11) is 0. The SMILES string of the molecule is O=C1CSC(c2c(Br)ccc3c2OCO3)N1Cc1ccc(OC(F)(F)F)cc1. The second-order valence-electron chi connectivity index (χ2n) is 6.07. The number of hydrogen-bond acceptors (Lipinski definition) is 5. The smallest absolute Gasteiger partial charge is 0.454 e.